The molecule has 1 amide bonds. The zero-order chi connectivity index (χ0) is 17.2. The Balaban J connectivity index is 1.22. The summed E-state index contributed by atoms with van der Waals surface area (Å²) in [6.07, 6.45) is 7.65. The van der Waals surface area contributed by atoms with Crippen molar-refractivity contribution in [1.29, 1.82) is 0 Å². The molecule has 1 saturated carbocycles. The van der Waals surface area contributed by atoms with E-state index >= 15 is 0 Å². The van der Waals surface area contributed by atoms with Crippen LogP contribution in [-0.2, 0) is 11.2 Å². The molecule has 3 heterocycles. The first-order valence-corrected chi connectivity index (χ1v) is 10.00. The van der Waals surface area contributed by atoms with E-state index in [9.17, 15) is 4.79 Å². The third-order valence-corrected chi connectivity index (χ3v) is 5.97. The maximum absolute atomic E-state index is 12.1. The predicted molar refractivity (Wildman–Crippen MR) is 94.1 cm³/mol. The van der Waals surface area contributed by atoms with Crippen molar-refractivity contribution in [3.63, 3.8) is 0 Å². The molecule has 1 aliphatic carbocycles. The van der Waals surface area contributed by atoms with Crippen LogP contribution < -0.4 is 0 Å². The average molecular weight is 346 g/mol. The van der Waals surface area contributed by atoms with Gasteiger partial charge in [0.25, 0.3) is 0 Å². The van der Waals surface area contributed by atoms with Gasteiger partial charge in [-0.05, 0) is 63.6 Å². The Bertz CT molecular complexity index is 590. The Kier molecular flexibility index (Phi) is 5.06. The van der Waals surface area contributed by atoms with Crippen molar-refractivity contribution < 1.29 is 9.32 Å². The minimum atomic E-state index is 0.0936. The smallest absolute Gasteiger partial charge is 0.232 e. The van der Waals surface area contributed by atoms with Gasteiger partial charge in [-0.25, -0.2) is 0 Å². The van der Waals surface area contributed by atoms with E-state index in [2.05, 4.69) is 22.0 Å². The molecule has 0 unspecified atom stereocenters. The number of nitrogens with zero attached hydrogens (tertiary/aromatic N) is 4. The van der Waals surface area contributed by atoms with E-state index in [1.54, 1.807) is 0 Å². The number of piperidine rings is 1. The first-order chi connectivity index (χ1) is 12.2. The predicted octanol–water partition coefficient (Wildman–Crippen LogP) is 2.46. The number of hydrogen-bond acceptors (Lipinski definition) is 5. The lowest BCUT2D eigenvalue weighted by molar-refractivity contribution is -0.127. The molecule has 1 aromatic heterocycles. The Hall–Kier alpha value is -1.43. The summed E-state index contributed by atoms with van der Waals surface area (Å²) in [4.78, 5) is 21.2. The van der Waals surface area contributed by atoms with Crippen LogP contribution in [0.1, 0.15) is 63.1 Å². The van der Waals surface area contributed by atoms with Gasteiger partial charge in [0.2, 0.25) is 11.8 Å². The fraction of sp³-hybridized carbons (Fsp3) is 0.842. The van der Waals surface area contributed by atoms with Crippen LogP contribution in [0.2, 0.25) is 0 Å². The lowest BCUT2D eigenvalue weighted by Crippen LogP contribution is -2.33. The lowest BCUT2D eigenvalue weighted by atomic mass is 9.99. The van der Waals surface area contributed by atoms with Crippen molar-refractivity contribution in [2.24, 2.45) is 11.8 Å². The van der Waals surface area contributed by atoms with E-state index in [0.717, 1.165) is 50.1 Å². The van der Waals surface area contributed by atoms with E-state index in [1.165, 1.54) is 38.8 Å². The van der Waals surface area contributed by atoms with Gasteiger partial charge in [0, 0.05) is 25.9 Å². The molecular formula is C19H30N4O2. The Morgan fingerprint density at radius 2 is 2.00 bits per heavy atom. The molecule has 4 rings (SSSR count). The highest BCUT2D eigenvalue weighted by Gasteiger charge is 2.37. The van der Waals surface area contributed by atoms with Crippen LogP contribution in [-0.4, -0.2) is 58.6 Å². The molecule has 0 aromatic carbocycles. The van der Waals surface area contributed by atoms with Gasteiger partial charge in [-0.2, -0.15) is 4.98 Å². The number of likely N-dealkylation sites (tertiary alicyclic amines) is 2. The summed E-state index contributed by atoms with van der Waals surface area (Å²) >= 11 is 0. The lowest BCUT2D eigenvalue weighted by Gasteiger charge is -2.29. The molecule has 0 spiro atoms. The van der Waals surface area contributed by atoms with E-state index < -0.39 is 0 Å². The van der Waals surface area contributed by atoms with Crippen LogP contribution >= 0.6 is 0 Å². The number of amides is 1. The van der Waals surface area contributed by atoms with Crippen molar-refractivity contribution >= 4 is 5.91 Å². The molecule has 0 bridgehead atoms. The summed E-state index contributed by atoms with van der Waals surface area (Å²) in [7, 11) is 0. The molecular weight excluding hydrogens is 316 g/mol. The second kappa shape index (κ2) is 7.44. The zero-order valence-corrected chi connectivity index (χ0v) is 15.3. The van der Waals surface area contributed by atoms with Crippen LogP contribution in [0.25, 0.3) is 0 Å². The molecule has 3 fully saturated rings. The number of rotatable bonds is 7. The molecule has 138 valence electrons. The normalized spacial score (nSPS) is 25.9. The average Bonchev–Trinajstić information content (AvgIpc) is 3.16. The largest absolute Gasteiger partial charge is 0.342 e. The van der Waals surface area contributed by atoms with Gasteiger partial charge in [-0.3, -0.25) is 4.79 Å². The summed E-state index contributed by atoms with van der Waals surface area (Å²) in [6, 6.07) is 0. The van der Waals surface area contributed by atoms with Crippen LogP contribution in [0.15, 0.2) is 4.52 Å². The van der Waals surface area contributed by atoms with Crippen molar-refractivity contribution in [3.8, 4) is 0 Å². The zero-order valence-electron chi connectivity index (χ0n) is 15.3. The topological polar surface area (TPSA) is 62.5 Å². The molecule has 1 atom stereocenters. The maximum atomic E-state index is 12.1. The number of hydrogen-bond donors (Lipinski definition) is 0. The molecule has 1 aromatic rings. The second-order valence-electron chi connectivity index (χ2n) is 8.32. The number of aryl methyl sites for hydroxylation is 1. The van der Waals surface area contributed by atoms with Crippen LogP contribution in [0.4, 0.5) is 0 Å². The van der Waals surface area contributed by atoms with Gasteiger partial charge in [0.05, 0.1) is 5.92 Å². The quantitative estimate of drug-likeness (QED) is 0.759. The highest BCUT2D eigenvalue weighted by atomic mass is 16.5. The standard InChI is InChI=1S/C19H30N4O2/c1-14-6-9-22(10-7-14)8-2-3-17-20-19(25-21-17)16-11-18(24)23(13-16)12-15-4-5-15/h14-16H,2-13H2,1H3/t16-/m1/s1. The van der Waals surface area contributed by atoms with Gasteiger partial charge in [-0.1, -0.05) is 12.1 Å². The fourth-order valence-corrected chi connectivity index (χ4v) is 4.01. The Labute approximate surface area is 149 Å². The van der Waals surface area contributed by atoms with Crippen LogP contribution in [0, 0.1) is 11.8 Å². The highest BCUT2D eigenvalue weighted by Crippen LogP contribution is 2.34. The van der Waals surface area contributed by atoms with Gasteiger partial charge >= 0.3 is 0 Å². The summed E-state index contributed by atoms with van der Waals surface area (Å²) in [5, 5.41) is 4.14. The molecule has 25 heavy (non-hydrogen) atoms. The fourth-order valence-electron chi connectivity index (χ4n) is 4.01. The van der Waals surface area contributed by atoms with E-state index in [4.69, 9.17) is 4.52 Å². The highest BCUT2D eigenvalue weighted by molar-refractivity contribution is 5.79. The summed E-state index contributed by atoms with van der Waals surface area (Å²) in [5.41, 5.74) is 0. The first-order valence-electron chi connectivity index (χ1n) is 10.00. The van der Waals surface area contributed by atoms with Crippen LogP contribution in [0.5, 0.6) is 0 Å². The molecule has 2 aliphatic heterocycles. The molecule has 0 N–H and O–H groups in total. The molecule has 2 saturated heterocycles. The number of carbonyl (C=O) groups is 1. The maximum Gasteiger partial charge on any atom is 0.232 e. The van der Waals surface area contributed by atoms with Gasteiger partial charge in [-0.15, -0.1) is 0 Å². The SMILES string of the molecule is CC1CCN(CCCc2noc([C@@H]3CC(=O)N(CC4CC4)C3)n2)CC1. The molecule has 3 aliphatic rings. The van der Waals surface area contributed by atoms with Gasteiger partial charge < -0.3 is 14.3 Å². The summed E-state index contributed by atoms with van der Waals surface area (Å²) in [5.74, 6) is 3.41. The van der Waals surface area contributed by atoms with E-state index in [-0.39, 0.29) is 11.8 Å². The van der Waals surface area contributed by atoms with Crippen LogP contribution in [0.3, 0.4) is 0 Å². The van der Waals surface area contributed by atoms with Crippen molar-refractivity contribution in [2.75, 3.05) is 32.7 Å². The van der Waals surface area contributed by atoms with E-state index in [0.29, 0.717) is 12.3 Å². The molecule has 0 radical (unpaired) electrons. The van der Waals surface area contributed by atoms with Crippen molar-refractivity contribution in [1.82, 2.24) is 19.9 Å². The summed E-state index contributed by atoms with van der Waals surface area (Å²) < 4.78 is 5.47. The monoisotopic (exact) mass is 346 g/mol. The molecule has 6 nitrogen and oxygen atoms in total. The van der Waals surface area contributed by atoms with E-state index in [1.807, 2.05) is 4.90 Å². The number of carbonyl (C=O) groups excluding carboxylic acids is 1. The minimum Gasteiger partial charge on any atom is -0.342 e. The first kappa shape index (κ1) is 17.0. The minimum absolute atomic E-state index is 0.0936. The van der Waals surface area contributed by atoms with Crippen molar-refractivity contribution in [2.45, 2.75) is 57.8 Å². The van der Waals surface area contributed by atoms with Gasteiger partial charge in [0.15, 0.2) is 5.82 Å². The summed E-state index contributed by atoms with van der Waals surface area (Å²) in [6.45, 7) is 7.58. The number of aromatic nitrogens is 2. The Morgan fingerprint density at radius 3 is 2.76 bits per heavy atom. The Morgan fingerprint density at radius 1 is 1.20 bits per heavy atom. The van der Waals surface area contributed by atoms with Crippen molar-refractivity contribution in [3.05, 3.63) is 11.7 Å². The third-order valence-electron chi connectivity index (χ3n) is 5.97. The third kappa shape index (κ3) is 4.40. The molecule has 6 heteroatoms. The second-order valence-corrected chi connectivity index (χ2v) is 8.32. The van der Waals surface area contributed by atoms with Gasteiger partial charge in [0.1, 0.15) is 0 Å².